The molecule has 14 heteroatoms. The lowest BCUT2D eigenvalue weighted by Crippen LogP contribution is -2.56. The Morgan fingerprint density at radius 3 is 2.52 bits per heavy atom. The number of allylic oxidation sites excluding steroid dienone is 3. The van der Waals surface area contributed by atoms with Gasteiger partial charge in [-0.05, 0) is 89.2 Å². The van der Waals surface area contributed by atoms with Crippen molar-refractivity contribution >= 4 is 47.2 Å². The van der Waals surface area contributed by atoms with Crippen molar-refractivity contribution in [1.82, 2.24) is 10.2 Å². The van der Waals surface area contributed by atoms with Crippen LogP contribution in [0.1, 0.15) is 67.4 Å². The molecule has 284 valence electrons. The van der Waals surface area contributed by atoms with Gasteiger partial charge in [0.15, 0.2) is 0 Å². The lowest BCUT2D eigenvalue weighted by molar-refractivity contribution is -0.141. The maximum Gasteiger partial charge on any atom is 0.409 e. The van der Waals surface area contributed by atoms with E-state index in [1.165, 1.54) is 0 Å². The van der Waals surface area contributed by atoms with Gasteiger partial charge >= 0.3 is 12.1 Å². The van der Waals surface area contributed by atoms with Gasteiger partial charge in [-0.15, -0.1) is 0 Å². The molecule has 2 amide bonds. The summed E-state index contributed by atoms with van der Waals surface area (Å²) in [6.07, 6.45) is 7.69. The fraction of sp³-hybridized carbons (Fsp3) is 0.474. The number of fused-ring (bicyclic) bond motifs is 5. The van der Waals surface area contributed by atoms with E-state index in [0.717, 1.165) is 23.0 Å². The minimum atomic E-state index is -1.37. The number of nitrogen functional groups attached to an aromatic ring is 1. The summed E-state index contributed by atoms with van der Waals surface area (Å²) in [5.41, 5.74) is 9.05. The number of aliphatic carboxylic acids is 1. The van der Waals surface area contributed by atoms with Crippen molar-refractivity contribution in [1.29, 1.82) is 0 Å². The molecule has 2 saturated heterocycles. The van der Waals surface area contributed by atoms with Crippen LogP contribution in [0.5, 0.6) is 5.75 Å². The summed E-state index contributed by atoms with van der Waals surface area (Å²) in [7, 11) is 6.73. The summed E-state index contributed by atoms with van der Waals surface area (Å²) < 4.78 is 16.5. The van der Waals surface area contributed by atoms with Crippen LogP contribution in [0.4, 0.5) is 16.2 Å². The quantitative estimate of drug-likeness (QED) is 0.181. The first-order valence-corrected chi connectivity index (χ1v) is 17.4. The Labute approximate surface area is 310 Å². The first-order chi connectivity index (χ1) is 24.5. The largest absolute Gasteiger partial charge is 0.495 e. The molecule has 2 aromatic carbocycles. The van der Waals surface area contributed by atoms with E-state index < -0.39 is 23.9 Å². The van der Waals surface area contributed by atoms with Crippen molar-refractivity contribution in [2.24, 2.45) is 0 Å². The summed E-state index contributed by atoms with van der Waals surface area (Å²) in [4.78, 5) is 48.6. The fourth-order valence-corrected chi connectivity index (χ4v) is 5.95. The van der Waals surface area contributed by atoms with Crippen LogP contribution in [-0.2, 0) is 25.5 Å². The Bertz CT molecular complexity index is 1660. The highest BCUT2D eigenvalue weighted by atomic mass is 35.5. The van der Waals surface area contributed by atoms with E-state index in [2.05, 4.69) is 5.32 Å². The molecule has 52 heavy (non-hydrogen) atoms. The van der Waals surface area contributed by atoms with Crippen LogP contribution in [0, 0.1) is 6.92 Å². The predicted molar refractivity (Wildman–Crippen MR) is 200 cm³/mol. The molecule has 2 fully saturated rings. The zero-order chi connectivity index (χ0) is 38.7. The molecular formula is C38H51ClN4O9. The van der Waals surface area contributed by atoms with Crippen LogP contribution in [0.25, 0.3) is 0 Å². The lowest BCUT2D eigenvalue weighted by Gasteiger charge is -2.36. The molecular weight excluding hydrogens is 692 g/mol. The Kier molecular flexibility index (Phi) is 15.2. The number of hydrogen-bond acceptors (Lipinski definition) is 10. The molecule has 0 aliphatic carbocycles. The first-order valence-electron chi connectivity index (χ1n) is 17.0. The third kappa shape index (κ3) is 12.4. The highest BCUT2D eigenvalue weighted by Crippen LogP contribution is 2.38. The number of likely N-dealkylation sites (N-methyl/N-ethyl adjacent to an activating group) is 1. The summed E-state index contributed by atoms with van der Waals surface area (Å²) in [5, 5.41) is 22.1. The zero-order valence-corrected chi connectivity index (χ0v) is 31.6. The lowest BCUT2D eigenvalue weighted by atomic mass is 9.96. The number of amides is 2. The molecule has 3 aliphatic heterocycles. The maximum absolute atomic E-state index is 12.9. The van der Waals surface area contributed by atoms with Gasteiger partial charge in [0.1, 0.15) is 34.9 Å². The second kappa shape index (κ2) is 18.9. The molecule has 2 aromatic rings. The molecule has 0 spiro atoms. The number of aldehydes is 1. The number of nitrogens with one attached hydrogen (secondary N) is 1. The Morgan fingerprint density at radius 1 is 1.21 bits per heavy atom. The molecule has 5 atom stereocenters. The number of epoxide rings is 1. The minimum absolute atomic E-state index is 0.0777. The third-order valence-electron chi connectivity index (χ3n) is 9.04. The van der Waals surface area contributed by atoms with Crippen LogP contribution < -0.4 is 20.7 Å². The van der Waals surface area contributed by atoms with Crippen LogP contribution in [0.3, 0.4) is 0 Å². The number of ether oxygens (including phenoxy) is 3. The van der Waals surface area contributed by atoms with Gasteiger partial charge < -0.3 is 35.1 Å². The van der Waals surface area contributed by atoms with E-state index in [1.807, 2.05) is 44.2 Å². The minimum Gasteiger partial charge on any atom is -0.495 e. The number of aryl methyl sites for hydroxylation is 1. The van der Waals surface area contributed by atoms with E-state index in [4.69, 9.17) is 36.7 Å². The number of carboxylic acids is 1. The number of alkyl carbamates (subject to hydrolysis) is 1. The number of nitrogens with zero attached hydrogens (tertiary/aromatic N) is 2. The molecule has 0 aromatic heterocycles. The molecule has 0 saturated carbocycles. The van der Waals surface area contributed by atoms with Gasteiger partial charge in [0.25, 0.3) is 0 Å². The topological polar surface area (TPSA) is 184 Å². The molecule has 5 N–H and O–H groups in total. The van der Waals surface area contributed by atoms with Crippen LogP contribution in [0.15, 0.2) is 54.1 Å². The Hall–Kier alpha value is -4.43. The summed E-state index contributed by atoms with van der Waals surface area (Å²) in [6, 6.07) is 8.62. The van der Waals surface area contributed by atoms with Crippen LogP contribution in [0.2, 0.25) is 5.02 Å². The van der Waals surface area contributed by atoms with Gasteiger partial charge in [0.05, 0.1) is 25.0 Å². The van der Waals surface area contributed by atoms with Crippen molar-refractivity contribution in [2.45, 2.75) is 89.4 Å². The first kappa shape index (κ1) is 42.0. The van der Waals surface area contributed by atoms with Crippen LogP contribution >= 0.6 is 11.6 Å². The van der Waals surface area contributed by atoms with E-state index >= 15 is 0 Å². The SMILES string of the molecule is COc1cc2cc(c1Cl)N(C)C(=O)CCC1OC1CC1C[C@](O)(C/C=C/C=C(\C)C2)NC(=O)O1.C[C@@H](C(=O)O)N(C)C.Cc1cc(N)ccc1C=O. The number of nitrogens with two attached hydrogens (primary N) is 1. The molecule has 4 bridgehead atoms. The van der Waals surface area contributed by atoms with Crippen molar-refractivity contribution in [3.63, 3.8) is 0 Å². The Balaban J connectivity index is 0.000000331. The number of anilines is 2. The molecule has 3 aliphatic rings. The van der Waals surface area contributed by atoms with E-state index in [1.54, 1.807) is 63.2 Å². The Morgan fingerprint density at radius 2 is 1.92 bits per heavy atom. The number of carboxylic acid groups (broad SMARTS) is 1. The molecule has 3 unspecified atom stereocenters. The highest BCUT2D eigenvalue weighted by molar-refractivity contribution is 6.35. The summed E-state index contributed by atoms with van der Waals surface area (Å²) >= 11 is 6.54. The number of rotatable bonds is 4. The second-order valence-electron chi connectivity index (χ2n) is 13.5. The van der Waals surface area contributed by atoms with Gasteiger partial charge in [-0.1, -0.05) is 35.4 Å². The van der Waals surface area contributed by atoms with Crippen molar-refractivity contribution in [2.75, 3.05) is 38.9 Å². The molecule has 0 radical (unpaired) electrons. The monoisotopic (exact) mass is 742 g/mol. The standard InChI is InChI=1S/C25H31ClN2O6.C8H9NO.C5H11NO2/c1-15-6-4-5-9-25(31)14-17(33-24(30)27-25)13-20-19(34-20)7-8-22(29)28(2)18-11-16(10-15)12-21(32-3)23(18)26;1-6-4-8(9)3-2-7(6)5-10;1-4(5(7)8)6(2)3/h4-6,11-12,17,19-20,31H,7-10,13-14H2,1-3H3,(H,27,30);2-5H,9H2,1H3;4H,1-3H3,(H,7,8)/b5-4+,15-6+;;/t17?,19?,20?,25-;;4-/m1.0/s1. The van der Waals surface area contributed by atoms with Gasteiger partial charge in [-0.25, -0.2) is 4.79 Å². The normalized spacial score (nSPS) is 25.2. The van der Waals surface area contributed by atoms with E-state index in [9.17, 15) is 24.3 Å². The van der Waals surface area contributed by atoms with Gasteiger partial charge in [-0.2, -0.15) is 0 Å². The number of methoxy groups -OCH3 is 1. The van der Waals surface area contributed by atoms with Crippen LogP contribution in [-0.4, -0.2) is 97.7 Å². The van der Waals surface area contributed by atoms with Crippen molar-refractivity contribution < 1.29 is 43.6 Å². The summed E-state index contributed by atoms with van der Waals surface area (Å²) in [6.45, 7) is 5.50. The molecule has 3 heterocycles. The average Bonchev–Trinajstić information content (AvgIpc) is 3.82. The average molecular weight is 743 g/mol. The van der Waals surface area contributed by atoms with Crippen molar-refractivity contribution in [3.05, 3.63) is 75.8 Å². The summed E-state index contributed by atoms with van der Waals surface area (Å²) in [5.74, 6) is -0.347. The maximum atomic E-state index is 12.9. The van der Waals surface area contributed by atoms with Gasteiger partial charge in [-0.3, -0.25) is 24.6 Å². The second-order valence-corrected chi connectivity index (χ2v) is 13.9. The number of halogens is 1. The predicted octanol–water partition coefficient (Wildman–Crippen LogP) is 5.30. The van der Waals surface area contributed by atoms with Gasteiger partial charge in [0, 0.05) is 44.0 Å². The number of carbonyl (C=O) groups excluding carboxylic acids is 3. The number of hydrogen-bond donors (Lipinski definition) is 4. The van der Waals surface area contributed by atoms with E-state index in [0.29, 0.717) is 53.4 Å². The smallest absolute Gasteiger partial charge is 0.409 e. The zero-order valence-electron chi connectivity index (χ0n) is 30.9. The molecule has 5 rings (SSSR count). The van der Waals surface area contributed by atoms with Crippen molar-refractivity contribution in [3.8, 4) is 5.75 Å². The molecule has 13 nitrogen and oxygen atoms in total. The number of benzene rings is 2. The highest BCUT2D eigenvalue weighted by Gasteiger charge is 2.45. The number of carbonyl (C=O) groups is 4. The third-order valence-corrected chi connectivity index (χ3v) is 9.42. The van der Waals surface area contributed by atoms with E-state index in [-0.39, 0.29) is 37.0 Å². The number of aliphatic hydroxyl groups is 1. The van der Waals surface area contributed by atoms with Gasteiger partial charge in [0.2, 0.25) is 5.91 Å². The fourth-order valence-electron chi connectivity index (χ4n) is 5.63.